The van der Waals surface area contributed by atoms with Crippen molar-refractivity contribution in [3.05, 3.63) is 40.5 Å². The van der Waals surface area contributed by atoms with Gasteiger partial charge in [0.05, 0.1) is 12.8 Å². The van der Waals surface area contributed by atoms with Crippen LogP contribution in [0, 0.1) is 0 Å². The minimum Gasteiger partial charge on any atom is -0.383 e. The van der Waals surface area contributed by atoms with Crippen molar-refractivity contribution in [3.63, 3.8) is 0 Å². The first-order valence-corrected chi connectivity index (χ1v) is 6.50. The number of halogens is 1. The molecule has 1 N–H and O–H groups in total. The zero-order valence-corrected chi connectivity index (χ0v) is 11.7. The summed E-state index contributed by atoms with van der Waals surface area (Å²) in [5, 5.41) is 7.15. The van der Waals surface area contributed by atoms with E-state index in [9.17, 15) is 0 Å². The number of benzene rings is 1. The molecular formula is C13H15BrN2O2. The van der Waals surface area contributed by atoms with E-state index >= 15 is 0 Å². The summed E-state index contributed by atoms with van der Waals surface area (Å²) in [5.41, 5.74) is 2.05. The van der Waals surface area contributed by atoms with E-state index in [0.29, 0.717) is 13.2 Å². The number of nitrogens with one attached hydrogen (secondary N) is 1. The van der Waals surface area contributed by atoms with Crippen LogP contribution in [-0.4, -0.2) is 25.4 Å². The van der Waals surface area contributed by atoms with Crippen molar-refractivity contribution in [2.75, 3.05) is 20.3 Å². The third kappa shape index (κ3) is 3.19. The number of ether oxygens (including phenoxy) is 1. The standard InChI is InChI=1S/C13H15BrN2O2/c1-17-7-6-15-8-10-9-16-18-13(10)11-4-2-3-5-12(11)14/h2-5,9,15H,6-8H2,1H3. The van der Waals surface area contributed by atoms with Crippen molar-refractivity contribution in [2.45, 2.75) is 6.54 Å². The van der Waals surface area contributed by atoms with Crippen LogP contribution in [0.4, 0.5) is 0 Å². The van der Waals surface area contributed by atoms with E-state index in [1.54, 1.807) is 13.3 Å². The van der Waals surface area contributed by atoms with Crippen LogP contribution in [0.5, 0.6) is 0 Å². The van der Waals surface area contributed by atoms with Gasteiger partial charge in [0.25, 0.3) is 0 Å². The van der Waals surface area contributed by atoms with Crippen LogP contribution in [0.3, 0.4) is 0 Å². The van der Waals surface area contributed by atoms with Crippen LogP contribution < -0.4 is 5.32 Å². The van der Waals surface area contributed by atoms with Gasteiger partial charge >= 0.3 is 0 Å². The SMILES string of the molecule is COCCNCc1cnoc1-c1ccccc1Br. The molecule has 0 saturated heterocycles. The second-order valence-electron chi connectivity index (χ2n) is 3.83. The molecular weight excluding hydrogens is 296 g/mol. The quantitative estimate of drug-likeness (QED) is 0.833. The lowest BCUT2D eigenvalue weighted by atomic mass is 10.1. The number of hydrogen-bond donors (Lipinski definition) is 1. The molecule has 0 atom stereocenters. The summed E-state index contributed by atoms with van der Waals surface area (Å²) in [4.78, 5) is 0. The van der Waals surface area contributed by atoms with E-state index in [0.717, 1.165) is 27.9 Å². The van der Waals surface area contributed by atoms with Gasteiger partial charge in [-0.15, -0.1) is 0 Å². The van der Waals surface area contributed by atoms with Crippen LogP contribution in [0.2, 0.25) is 0 Å². The highest BCUT2D eigenvalue weighted by molar-refractivity contribution is 9.10. The highest BCUT2D eigenvalue weighted by Gasteiger charge is 2.12. The Labute approximate surface area is 114 Å². The van der Waals surface area contributed by atoms with Gasteiger partial charge in [0, 0.05) is 35.8 Å². The largest absolute Gasteiger partial charge is 0.383 e. The molecule has 18 heavy (non-hydrogen) atoms. The third-order valence-corrected chi connectivity index (χ3v) is 3.25. The Morgan fingerprint density at radius 3 is 3.00 bits per heavy atom. The van der Waals surface area contributed by atoms with E-state index in [2.05, 4.69) is 26.4 Å². The molecule has 4 nitrogen and oxygen atoms in total. The van der Waals surface area contributed by atoms with Crippen LogP contribution in [-0.2, 0) is 11.3 Å². The van der Waals surface area contributed by atoms with Gasteiger partial charge in [0.15, 0.2) is 5.76 Å². The second-order valence-corrected chi connectivity index (χ2v) is 4.68. The molecule has 0 aliphatic rings. The maximum Gasteiger partial charge on any atom is 0.172 e. The second kappa shape index (κ2) is 6.68. The van der Waals surface area contributed by atoms with E-state index in [-0.39, 0.29) is 0 Å². The Morgan fingerprint density at radius 1 is 1.39 bits per heavy atom. The number of rotatable bonds is 6. The molecule has 0 amide bonds. The lowest BCUT2D eigenvalue weighted by Crippen LogP contribution is -2.18. The van der Waals surface area contributed by atoms with E-state index < -0.39 is 0 Å². The van der Waals surface area contributed by atoms with Crippen LogP contribution >= 0.6 is 15.9 Å². The van der Waals surface area contributed by atoms with Gasteiger partial charge in [0.1, 0.15) is 0 Å². The molecule has 5 heteroatoms. The van der Waals surface area contributed by atoms with Gasteiger partial charge in [-0.2, -0.15) is 0 Å². The summed E-state index contributed by atoms with van der Waals surface area (Å²) in [7, 11) is 1.69. The van der Waals surface area contributed by atoms with Gasteiger partial charge in [-0.3, -0.25) is 0 Å². The summed E-state index contributed by atoms with van der Waals surface area (Å²) in [6.07, 6.45) is 1.74. The van der Waals surface area contributed by atoms with Gasteiger partial charge in [0.2, 0.25) is 0 Å². The zero-order valence-electron chi connectivity index (χ0n) is 10.1. The lowest BCUT2D eigenvalue weighted by molar-refractivity contribution is 0.199. The van der Waals surface area contributed by atoms with Crippen LogP contribution in [0.25, 0.3) is 11.3 Å². The molecule has 0 aliphatic carbocycles. The molecule has 1 aromatic heterocycles. The Hall–Kier alpha value is -1.17. The van der Waals surface area contributed by atoms with E-state index in [4.69, 9.17) is 9.26 Å². The number of aromatic nitrogens is 1. The molecule has 0 spiro atoms. The molecule has 0 fully saturated rings. The average Bonchev–Trinajstić information content (AvgIpc) is 2.83. The lowest BCUT2D eigenvalue weighted by Gasteiger charge is -2.05. The molecule has 96 valence electrons. The Kier molecular flexibility index (Phi) is 4.92. The molecule has 2 rings (SSSR count). The smallest absolute Gasteiger partial charge is 0.172 e. The first kappa shape index (κ1) is 13.3. The van der Waals surface area contributed by atoms with Gasteiger partial charge in [-0.1, -0.05) is 33.2 Å². The molecule has 1 heterocycles. The fourth-order valence-electron chi connectivity index (χ4n) is 1.65. The van der Waals surface area contributed by atoms with Gasteiger partial charge < -0.3 is 14.6 Å². The molecule has 2 aromatic rings. The monoisotopic (exact) mass is 310 g/mol. The molecule has 1 aromatic carbocycles. The van der Waals surface area contributed by atoms with E-state index in [1.807, 2.05) is 24.3 Å². The predicted octanol–water partition coefficient (Wildman–Crippen LogP) is 2.84. The van der Waals surface area contributed by atoms with E-state index in [1.165, 1.54) is 0 Å². The summed E-state index contributed by atoms with van der Waals surface area (Å²) >= 11 is 3.52. The summed E-state index contributed by atoms with van der Waals surface area (Å²) in [6, 6.07) is 7.94. The number of nitrogens with zero attached hydrogens (tertiary/aromatic N) is 1. The number of hydrogen-bond acceptors (Lipinski definition) is 4. The molecule has 0 unspecified atom stereocenters. The Balaban J connectivity index is 2.10. The number of methoxy groups -OCH3 is 1. The van der Waals surface area contributed by atoms with Crippen molar-refractivity contribution >= 4 is 15.9 Å². The van der Waals surface area contributed by atoms with Gasteiger partial charge in [-0.25, -0.2) is 0 Å². The van der Waals surface area contributed by atoms with Crippen LogP contribution in [0.15, 0.2) is 39.5 Å². The maximum atomic E-state index is 5.34. The Morgan fingerprint density at radius 2 is 2.22 bits per heavy atom. The molecule has 0 saturated carbocycles. The highest BCUT2D eigenvalue weighted by atomic mass is 79.9. The van der Waals surface area contributed by atoms with Crippen molar-refractivity contribution in [1.82, 2.24) is 10.5 Å². The first-order valence-electron chi connectivity index (χ1n) is 5.71. The summed E-state index contributed by atoms with van der Waals surface area (Å²) in [6.45, 7) is 2.20. The highest BCUT2D eigenvalue weighted by Crippen LogP contribution is 2.30. The van der Waals surface area contributed by atoms with Crippen molar-refractivity contribution in [1.29, 1.82) is 0 Å². The topological polar surface area (TPSA) is 47.3 Å². The minimum absolute atomic E-state index is 0.690. The summed E-state index contributed by atoms with van der Waals surface area (Å²) in [5.74, 6) is 0.799. The predicted molar refractivity (Wildman–Crippen MR) is 73.2 cm³/mol. The van der Waals surface area contributed by atoms with Crippen molar-refractivity contribution < 1.29 is 9.26 Å². The molecule has 0 radical (unpaired) electrons. The minimum atomic E-state index is 0.690. The third-order valence-electron chi connectivity index (χ3n) is 2.56. The first-order chi connectivity index (χ1) is 8.83. The normalized spacial score (nSPS) is 10.8. The molecule has 0 bridgehead atoms. The Bertz CT molecular complexity index is 499. The van der Waals surface area contributed by atoms with Crippen molar-refractivity contribution in [3.8, 4) is 11.3 Å². The maximum absolute atomic E-state index is 5.34. The molecule has 0 aliphatic heterocycles. The van der Waals surface area contributed by atoms with Gasteiger partial charge in [-0.05, 0) is 12.1 Å². The fourth-order valence-corrected chi connectivity index (χ4v) is 2.12. The zero-order chi connectivity index (χ0) is 12.8. The average molecular weight is 311 g/mol. The summed E-state index contributed by atoms with van der Waals surface area (Å²) < 4.78 is 11.3. The fraction of sp³-hybridized carbons (Fsp3) is 0.308. The van der Waals surface area contributed by atoms with Crippen LogP contribution in [0.1, 0.15) is 5.56 Å². The van der Waals surface area contributed by atoms with Crippen molar-refractivity contribution in [2.24, 2.45) is 0 Å².